The Morgan fingerprint density at radius 2 is 1.28 bits per heavy atom. The second kappa shape index (κ2) is 6.52. The first kappa shape index (κ1) is 13.1. The largest absolute Gasteiger partial charge is 0.362 e. The number of rotatable bonds is 2. The van der Waals surface area contributed by atoms with Crippen molar-refractivity contribution in [1.82, 2.24) is 9.80 Å². The number of amides is 2. The van der Waals surface area contributed by atoms with Gasteiger partial charge in [-0.2, -0.15) is 0 Å². The molecule has 2 amide bonds. The fourth-order valence-electron chi connectivity index (χ4n) is 2.46. The Balaban J connectivity index is 1.81. The van der Waals surface area contributed by atoms with Crippen molar-refractivity contribution in [2.75, 3.05) is 26.2 Å². The third-order valence-corrected chi connectivity index (χ3v) is 3.60. The van der Waals surface area contributed by atoms with Gasteiger partial charge < -0.3 is 9.80 Å². The number of carbonyl (C=O) groups excluding carboxylic acids is 1. The molecule has 2 heterocycles. The summed E-state index contributed by atoms with van der Waals surface area (Å²) in [4.78, 5) is 15.7. The SMILES string of the molecule is C=C(N=NC(=O)N1CCCCC1)N1CCCCC1. The van der Waals surface area contributed by atoms with Gasteiger partial charge in [-0.15, -0.1) is 5.11 Å². The summed E-state index contributed by atoms with van der Waals surface area (Å²) in [7, 11) is 0. The Labute approximate surface area is 109 Å². The molecule has 0 aliphatic carbocycles. The smallest absolute Gasteiger partial charge is 0.356 e. The molecule has 2 aliphatic rings. The van der Waals surface area contributed by atoms with E-state index in [1.54, 1.807) is 4.90 Å². The molecule has 0 radical (unpaired) electrons. The summed E-state index contributed by atoms with van der Waals surface area (Å²) in [5.41, 5.74) is 0. The topological polar surface area (TPSA) is 48.3 Å². The van der Waals surface area contributed by atoms with Gasteiger partial charge in [-0.25, -0.2) is 4.79 Å². The van der Waals surface area contributed by atoms with Crippen molar-refractivity contribution in [2.24, 2.45) is 10.2 Å². The molecule has 0 aromatic heterocycles. The molecule has 0 N–H and O–H groups in total. The summed E-state index contributed by atoms with van der Waals surface area (Å²) in [5, 5.41) is 7.78. The van der Waals surface area contributed by atoms with E-state index in [4.69, 9.17) is 0 Å². The van der Waals surface area contributed by atoms with Crippen LogP contribution in [-0.2, 0) is 0 Å². The normalized spacial score (nSPS) is 21.3. The van der Waals surface area contributed by atoms with Crippen LogP contribution in [0.2, 0.25) is 0 Å². The molecule has 5 nitrogen and oxygen atoms in total. The molecule has 0 aromatic rings. The number of urea groups is 1. The number of carbonyl (C=O) groups is 1. The van der Waals surface area contributed by atoms with E-state index in [1.807, 2.05) is 0 Å². The molecule has 0 saturated carbocycles. The van der Waals surface area contributed by atoms with Crippen LogP contribution in [0.5, 0.6) is 0 Å². The minimum Gasteiger partial charge on any atom is -0.356 e. The lowest BCUT2D eigenvalue weighted by atomic mass is 10.1. The van der Waals surface area contributed by atoms with Crippen molar-refractivity contribution >= 4 is 6.03 Å². The number of hydrogen-bond donors (Lipinski definition) is 0. The zero-order chi connectivity index (χ0) is 12.8. The fraction of sp³-hybridized carbons (Fsp3) is 0.769. The molecule has 0 atom stereocenters. The van der Waals surface area contributed by atoms with Crippen LogP contribution in [0.1, 0.15) is 38.5 Å². The van der Waals surface area contributed by atoms with Crippen molar-refractivity contribution < 1.29 is 4.79 Å². The zero-order valence-corrected chi connectivity index (χ0v) is 11.0. The molecular formula is C13H22N4O. The lowest BCUT2D eigenvalue weighted by Gasteiger charge is -2.27. The lowest BCUT2D eigenvalue weighted by Crippen LogP contribution is -2.33. The summed E-state index contributed by atoms with van der Waals surface area (Å²) in [5.74, 6) is 0.625. The van der Waals surface area contributed by atoms with Gasteiger partial charge >= 0.3 is 6.03 Å². The van der Waals surface area contributed by atoms with Gasteiger partial charge in [0.1, 0.15) is 5.82 Å². The molecule has 5 heteroatoms. The van der Waals surface area contributed by atoms with Crippen molar-refractivity contribution in [3.63, 3.8) is 0 Å². The lowest BCUT2D eigenvalue weighted by molar-refractivity contribution is 0.194. The van der Waals surface area contributed by atoms with Crippen molar-refractivity contribution in [3.05, 3.63) is 12.4 Å². The van der Waals surface area contributed by atoms with Gasteiger partial charge in [0.2, 0.25) is 0 Å². The van der Waals surface area contributed by atoms with E-state index >= 15 is 0 Å². The van der Waals surface area contributed by atoms with E-state index in [0.29, 0.717) is 5.82 Å². The highest BCUT2D eigenvalue weighted by atomic mass is 16.2. The molecule has 2 rings (SSSR count). The number of azo groups is 1. The first-order valence-electron chi connectivity index (χ1n) is 6.92. The standard InChI is InChI=1S/C13H22N4O/c1-12(16-8-4-2-5-9-16)14-15-13(18)17-10-6-3-7-11-17/h1-11H2. The molecule has 2 fully saturated rings. The third kappa shape index (κ3) is 3.55. The molecule has 0 aromatic carbocycles. The van der Waals surface area contributed by atoms with Crippen LogP contribution in [0.25, 0.3) is 0 Å². The van der Waals surface area contributed by atoms with Gasteiger partial charge in [-0.3, -0.25) is 0 Å². The Kier molecular flexibility index (Phi) is 4.73. The first-order valence-corrected chi connectivity index (χ1v) is 6.92. The van der Waals surface area contributed by atoms with Crippen molar-refractivity contribution in [3.8, 4) is 0 Å². The van der Waals surface area contributed by atoms with Crippen LogP contribution in [0.3, 0.4) is 0 Å². The minimum atomic E-state index is -0.215. The Bertz CT molecular complexity index is 296. The summed E-state index contributed by atoms with van der Waals surface area (Å²) in [6, 6.07) is -0.215. The fourth-order valence-corrected chi connectivity index (χ4v) is 2.46. The van der Waals surface area contributed by atoms with E-state index in [2.05, 4.69) is 21.7 Å². The van der Waals surface area contributed by atoms with Gasteiger partial charge in [0, 0.05) is 26.2 Å². The predicted octanol–water partition coefficient (Wildman–Crippen LogP) is 3.00. The van der Waals surface area contributed by atoms with Crippen molar-refractivity contribution in [2.45, 2.75) is 38.5 Å². The highest BCUT2D eigenvalue weighted by Crippen LogP contribution is 2.15. The average molecular weight is 250 g/mol. The van der Waals surface area contributed by atoms with Crippen LogP contribution in [0, 0.1) is 0 Å². The molecule has 0 unspecified atom stereocenters. The van der Waals surface area contributed by atoms with Gasteiger partial charge in [-0.1, -0.05) is 11.7 Å². The molecule has 0 bridgehead atoms. The van der Waals surface area contributed by atoms with E-state index in [-0.39, 0.29) is 6.03 Å². The summed E-state index contributed by atoms with van der Waals surface area (Å²) < 4.78 is 0. The van der Waals surface area contributed by atoms with Gasteiger partial charge in [0.25, 0.3) is 0 Å². The molecule has 2 saturated heterocycles. The second-order valence-electron chi connectivity index (χ2n) is 4.99. The van der Waals surface area contributed by atoms with Crippen molar-refractivity contribution in [1.29, 1.82) is 0 Å². The highest BCUT2D eigenvalue weighted by molar-refractivity contribution is 5.74. The van der Waals surface area contributed by atoms with E-state index in [1.165, 1.54) is 25.7 Å². The average Bonchev–Trinajstić information content (AvgIpc) is 2.46. The maximum atomic E-state index is 11.8. The molecule has 100 valence electrons. The van der Waals surface area contributed by atoms with Crippen LogP contribution >= 0.6 is 0 Å². The maximum absolute atomic E-state index is 11.8. The summed E-state index contributed by atoms with van der Waals surface area (Å²) >= 11 is 0. The van der Waals surface area contributed by atoms with Gasteiger partial charge in [0.05, 0.1) is 0 Å². The number of piperidine rings is 2. The minimum absolute atomic E-state index is 0.215. The van der Waals surface area contributed by atoms with Crippen LogP contribution in [0.4, 0.5) is 4.79 Å². The second-order valence-corrected chi connectivity index (χ2v) is 4.99. The summed E-state index contributed by atoms with van der Waals surface area (Å²) in [6.07, 6.45) is 6.99. The highest BCUT2D eigenvalue weighted by Gasteiger charge is 2.16. The monoisotopic (exact) mass is 250 g/mol. The predicted molar refractivity (Wildman–Crippen MR) is 70.2 cm³/mol. The van der Waals surface area contributed by atoms with Crippen LogP contribution < -0.4 is 0 Å². The summed E-state index contributed by atoms with van der Waals surface area (Å²) in [6.45, 7) is 7.48. The molecule has 18 heavy (non-hydrogen) atoms. The van der Waals surface area contributed by atoms with Gasteiger partial charge in [-0.05, 0) is 38.5 Å². The quantitative estimate of drug-likeness (QED) is 0.707. The number of likely N-dealkylation sites (tertiary alicyclic amines) is 2. The van der Waals surface area contributed by atoms with Crippen LogP contribution in [0.15, 0.2) is 22.6 Å². The molecule has 0 spiro atoms. The zero-order valence-electron chi connectivity index (χ0n) is 11.0. The number of nitrogens with zero attached hydrogens (tertiary/aromatic N) is 4. The Morgan fingerprint density at radius 3 is 1.83 bits per heavy atom. The first-order chi connectivity index (χ1) is 8.77. The maximum Gasteiger partial charge on any atom is 0.362 e. The number of hydrogen-bond acceptors (Lipinski definition) is 3. The Hall–Kier alpha value is -1.39. The van der Waals surface area contributed by atoms with Crippen LogP contribution in [-0.4, -0.2) is 42.0 Å². The van der Waals surface area contributed by atoms with E-state index in [9.17, 15) is 4.79 Å². The third-order valence-electron chi connectivity index (χ3n) is 3.60. The Morgan fingerprint density at radius 1 is 0.778 bits per heavy atom. The van der Waals surface area contributed by atoms with Gasteiger partial charge in [0.15, 0.2) is 0 Å². The molecule has 2 aliphatic heterocycles. The van der Waals surface area contributed by atoms with E-state index in [0.717, 1.165) is 39.0 Å². The van der Waals surface area contributed by atoms with E-state index < -0.39 is 0 Å². The molecular weight excluding hydrogens is 228 g/mol.